The van der Waals surface area contributed by atoms with E-state index in [1.165, 1.54) is 22.6 Å². The molecule has 3 rings (SSSR count). The molecule has 0 amide bonds. The number of aromatic nitrogens is 2. The molecule has 122 valence electrons. The lowest BCUT2D eigenvalue weighted by atomic mass is 10.3. The first-order valence-electron chi connectivity index (χ1n) is 6.80. The van der Waals surface area contributed by atoms with E-state index in [1.54, 1.807) is 0 Å². The maximum Gasteiger partial charge on any atom is 0.358 e. The van der Waals surface area contributed by atoms with E-state index >= 15 is 0 Å². The third-order valence-electron chi connectivity index (χ3n) is 3.62. The van der Waals surface area contributed by atoms with Crippen LogP contribution >= 0.6 is 0 Å². The molecule has 0 saturated carbocycles. The Kier molecular flexibility index (Phi) is 3.48. The number of hydrogen-bond donors (Lipinski definition) is 2. The van der Waals surface area contributed by atoms with Crippen LogP contribution in [-0.2, 0) is 10.0 Å². The molecule has 0 unspecified atom stereocenters. The minimum Gasteiger partial charge on any atom is -0.501 e. The lowest BCUT2D eigenvalue weighted by Gasteiger charge is -2.28. The van der Waals surface area contributed by atoms with Gasteiger partial charge in [-0.1, -0.05) is 0 Å². The fourth-order valence-corrected chi connectivity index (χ4v) is 4.12. The molecule has 1 aliphatic heterocycles. The van der Waals surface area contributed by atoms with E-state index in [1.807, 2.05) is 0 Å². The lowest BCUT2D eigenvalue weighted by molar-refractivity contribution is 0.0686. The van der Waals surface area contributed by atoms with Crippen LogP contribution < -0.4 is 9.86 Å². The van der Waals surface area contributed by atoms with E-state index in [2.05, 4.69) is 4.98 Å². The number of nitrogens with zero attached hydrogens (tertiary/aromatic N) is 3. The van der Waals surface area contributed by atoms with E-state index < -0.39 is 33.0 Å². The molecule has 0 bridgehead atoms. The number of rotatable bonds is 2. The van der Waals surface area contributed by atoms with Crippen molar-refractivity contribution in [2.45, 2.75) is 12.8 Å². The fraction of sp³-hybridized carbons (Fsp3) is 0.308. The summed E-state index contributed by atoms with van der Waals surface area (Å²) in [5, 5.41) is 18.6. The second-order valence-electron chi connectivity index (χ2n) is 5.13. The third-order valence-corrected chi connectivity index (χ3v) is 5.49. The number of fused-ring (bicyclic) bond motifs is 1. The summed E-state index contributed by atoms with van der Waals surface area (Å²) >= 11 is 0. The summed E-state index contributed by atoms with van der Waals surface area (Å²) in [5.41, 5.74) is -1.44. The summed E-state index contributed by atoms with van der Waals surface area (Å²) in [4.78, 5) is 26.8. The highest BCUT2D eigenvalue weighted by atomic mass is 32.2. The number of hydrogen-bond acceptors (Lipinski definition) is 6. The van der Waals surface area contributed by atoms with Crippen molar-refractivity contribution in [2.24, 2.45) is 0 Å². The van der Waals surface area contributed by atoms with E-state index in [0.717, 1.165) is 4.40 Å². The molecule has 1 saturated heterocycles. The van der Waals surface area contributed by atoms with Crippen LogP contribution in [0.1, 0.15) is 23.3 Å². The van der Waals surface area contributed by atoms with Gasteiger partial charge in [-0.05, 0) is 25.0 Å². The van der Waals surface area contributed by atoms with Crippen molar-refractivity contribution in [3.05, 3.63) is 34.4 Å². The first-order chi connectivity index (χ1) is 10.8. The van der Waals surface area contributed by atoms with Crippen LogP contribution in [0.25, 0.3) is 5.65 Å². The number of aromatic hydroxyl groups is 1. The number of carboxylic acid groups (broad SMARTS) is 1. The maximum atomic E-state index is 12.1. The summed E-state index contributed by atoms with van der Waals surface area (Å²) in [6.45, 7) is 0.301. The largest absolute Gasteiger partial charge is 0.501 e. The van der Waals surface area contributed by atoms with Gasteiger partial charge in [0.2, 0.25) is 15.8 Å². The molecule has 23 heavy (non-hydrogen) atoms. The molecule has 1 fully saturated rings. The Balaban J connectivity index is 2.20. The van der Waals surface area contributed by atoms with Gasteiger partial charge in [0.05, 0.1) is 11.4 Å². The first-order valence-corrected chi connectivity index (χ1v) is 8.41. The van der Waals surface area contributed by atoms with Gasteiger partial charge >= 0.3 is 11.5 Å². The Morgan fingerprint density at radius 1 is 1.26 bits per heavy atom. The highest BCUT2D eigenvalue weighted by molar-refractivity contribution is 7.92. The number of aromatic carboxylic acids is 1. The van der Waals surface area contributed by atoms with Crippen LogP contribution in [-0.4, -0.2) is 46.3 Å². The molecule has 0 aromatic carbocycles. The molecule has 0 radical (unpaired) electrons. The molecule has 0 spiro atoms. The summed E-state index contributed by atoms with van der Waals surface area (Å²) in [6, 6.07) is 2.79. The molecule has 1 aliphatic rings. The van der Waals surface area contributed by atoms with Gasteiger partial charge in [-0.2, -0.15) is 0 Å². The Morgan fingerprint density at radius 3 is 2.65 bits per heavy atom. The summed E-state index contributed by atoms with van der Waals surface area (Å²) in [6.07, 6.45) is 2.52. The molecule has 2 aromatic heterocycles. The molecule has 0 aliphatic carbocycles. The number of sulfonamides is 1. The Labute approximate surface area is 130 Å². The number of pyridine rings is 1. The first kappa shape index (κ1) is 15.3. The van der Waals surface area contributed by atoms with Crippen molar-refractivity contribution in [3.63, 3.8) is 0 Å². The van der Waals surface area contributed by atoms with Crippen LogP contribution in [0, 0.1) is 0 Å². The number of carbonyl (C=O) groups is 1. The van der Waals surface area contributed by atoms with Crippen LogP contribution in [0.3, 0.4) is 0 Å². The van der Waals surface area contributed by atoms with Gasteiger partial charge in [-0.15, -0.1) is 0 Å². The molecule has 10 heteroatoms. The van der Waals surface area contributed by atoms with E-state index in [9.17, 15) is 23.1 Å². The molecule has 0 atom stereocenters. The number of anilines is 1. The second kappa shape index (κ2) is 5.23. The summed E-state index contributed by atoms with van der Waals surface area (Å²) in [5.74, 6) is -2.49. The van der Waals surface area contributed by atoms with E-state index in [-0.39, 0.29) is 17.1 Å². The Morgan fingerprint density at radius 2 is 2.00 bits per heavy atom. The van der Waals surface area contributed by atoms with Gasteiger partial charge in [0.25, 0.3) is 0 Å². The lowest BCUT2D eigenvalue weighted by Crippen LogP contribution is -2.38. The van der Waals surface area contributed by atoms with Gasteiger partial charge in [-0.25, -0.2) is 18.2 Å². The Bertz CT molecular complexity index is 966. The number of carboxylic acids is 1. The van der Waals surface area contributed by atoms with Crippen LogP contribution in [0.15, 0.2) is 23.1 Å². The topological polar surface area (TPSA) is 129 Å². The molecule has 2 aromatic rings. The van der Waals surface area contributed by atoms with Crippen molar-refractivity contribution >= 4 is 27.3 Å². The average molecular weight is 339 g/mol. The molecule has 9 nitrogen and oxygen atoms in total. The van der Waals surface area contributed by atoms with Crippen LogP contribution in [0.2, 0.25) is 0 Å². The normalized spacial score (nSPS) is 17.3. The smallest absolute Gasteiger partial charge is 0.358 e. The predicted octanol–water partition coefficient (Wildman–Crippen LogP) is 0.0283. The van der Waals surface area contributed by atoms with Gasteiger partial charge in [-0.3, -0.25) is 13.5 Å². The minimum absolute atomic E-state index is 0.00311. The minimum atomic E-state index is -3.45. The molecular weight excluding hydrogens is 326 g/mol. The van der Waals surface area contributed by atoms with Crippen molar-refractivity contribution in [1.82, 2.24) is 9.38 Å². The van der Waals surface area contributed by atoms with Gasteiger partial charge in [0.1, 0.15) is 5.65 Å². The zero-order valence-corrected chi connectivity index (χ0v) is 12.7. The molecule has 2 N–H and O–H groups in total. The SMILES string of the molecule is O=C(O)c1nc2ccc(N3CCCCS3(=O)=O)cn2c(=O)c1O. The van der Waals surface area contributed by atoms with Crippen molar-refractivity contribution in [1.29, 1.82) is 0 Å². The van der Waals surface area contributed by atoms with Crippen molar-refractivity contribution in [3.8, 4) is 5.75 Å². The average Bonchev–Trinajstić information content (AvgIpc) is 2.50. The van der Waals surface area contributed by atoms with E-state index in [0.29, 0.717) is 19.4 Å². The zero-order valence-electron chi connectivity index (χ0n) is 11.8. The van der Waals surface area contributed by atoms with Gasteiger partial charge in [0, 0.05) is 12.7 Å². The summed E-state index contributed by atoms with van der Waals surface area (Å²) < 4.78 is 26.3. The third kappa shape index (κ3) is 2.50. The highest BCUT2D eigenvalue weighted by Crippen LogP contribution is 2.23. The van der Waals surface area contributed by atoms with Gasteiger partial charge < -0.3 is 10.2 Å². The predicted molar refractivity (Wildman–Crippen MR) is 80.5 cm³/mol. The zero-order chi connectivity index (χ0) is 16.8. The standard InChI is InChI=1S/C13H13N3O6S/c17-11-10(13(19)20)14-9-4-3-8(7-15(9)12(11)18)16-5-1-2-6-23(16,21)22/h3-4,7,17H,1-2,5-6H2,(H,19,20). The Hall–Kier alpha value is -2.62. The molecule has 3 heterocycles. The fourth-order valence-electron chi connectivity index (χ4n) is 2.49. The second-order valence-corrected chi connectivity index (χ2v) is 7.14. The summed E-state index contributed by atoms with van der Waals surface area (Å²) in [7, 11) is -3.45. The molecular formula is C13H13N3O6S. The highest BCUT2D eigenvalue weighted by Gasteiger charge is 2.27. The van der Waals surface area contributed by atoms with Gasteiger partial charge in [0.15, 0.2) is 5.69 Å². The van der Waals surface area contributed by atoms with Crippen molar-refractivity contribution < 1.29 is 23.4 Å². The monoisotopic (exact) mass is 339 g/mol. The van der Waals surface area contributed by atoms with Crippen LogP contribution in [0.5, 0.6) is 5.75 Å². The quantitative estimate of drug-likeness (QED) is 0.789. The van der Waals surface area contributed by atoms with Crippen LogP contribution in [0.4, 0.5) is 5.69 Å². The maximum absolute atomic E-state index is 12.1. The van der Waals surface area contributed by atoms with Crippen molar-refractivity contribution in [2.75, 3.05) is 16.6 Å². The van der Waals surface area contributed by atoms with E-state index in [4.69, 9.17) is 5.11 Å².